The van der Waals surface area contributed by atoms with Gasteiger partial charge in [-0.05, 0) is 24.3 Å². The zero-order valence-electron chi connectivity index (χ0n) is 11.7. The molecule has 1 aliphatic heterocycles. The van der Waals surface area contributed by atoms with Crippen LogP contribution in [-0.4, -0.2) is 28.4 Å². The van der Waals surface area contributed by atoms with Crippen molar-refractivity contribution in [2.45, 2.75) is 32.2 Å². The van der Waals surface area contributed by atoms with Gasteiger partial charge in [0.05, 0.1) is 18.4 Å². The molecule has 0 spiro atoms. The monoisotopic (exact) mass is 303 g/mol. The van der Waals surface area contributed by atoms with Crippen molar-refractivity contribution >= 4 is 23.2 Å². The maximum atomic E-state index is 12.4. The van der Waals surface area contributed by atoms with Gasteiger partial charge >= 0.3 is 0 Å². The first-order chi connectivity index (χ1) is 10.2. The second-order valence-corrected chi connectivity index (χ2v) is 6.48. The van der Waals surface area contributed by atoms with Crippen LogP contribution in [0.4, 0.5) is 0 Å². The average Bonchev–Trinajstić information content (AvgIpc) is 3.04. The minimum Gasteiger partial charge on any atom is -0.384 e. The molecule has 0 aromatic carbocycles. The number of carbonyl (C=O) groups is 2. The van der Waals surface area contributed by atoms with E-state index in [1.165, 1.54) is 16.2 Å². The largest absolute Gasteiger partial charge is 0.384 e. The third kappa shape index (κ3) is 2.61. The molecule has 2 unspecified atom stereocenters. The van der Waals surface area contributed by atoms with Crippen molar-refractivity contribution in [1.82, 2.24) is 4.90 Å². The molecule has 1 saturated heterocycles. The van der Waals surface area contributed by atoms with Crippen molar-refractivity contribution in [3.8, 4) is 11.8 Å². The number of imide groups is 1. The molecule has 21 heavy (non-hydrogen) atoms. The van der Waals surface area contributed by atoms with E-state index in [0.717, 1.165) is 36.1 Å². The van der Waals surface area contributed by atoms with Crippen LogP contribution in [-0.2, 0) is 16.1 Å². The highest BCUT2D eigenvalue weighted by molar-refractivity contribution is 7.10. The van der Waals surface area contributed by atoms with Crippen LogP contribution < -0.4 is 0 Å². The Morgan fingerprint density at radius 2 is 1.90 bits per heavy atom. The molecule has 1 aromatic heterocycles. The number of nitrogens with zero attached hydrogens (tertiary/aromatic N) is 1. The number of hydrogen-bond acceptors (Lipinski definition) is 4. The predicted octanol–water partition coefficient (Wildman–Crippen LogP) is 1.77. The van der Waals surface area contributed by atoms with Crippen LogP contribution in [0.15, 0.2) is 11.4 Å². The third-order valence-electron chi connectivity index (χ3n) is 4.28. The summed E-state index contributed by atoms with van der Waals surface area (Å²) in [5.74, 6) is 5.26. The molecule has 2 fully saturated rings. The standard InChI is InChI=1S/C16H17NO3S/c18-8-3-4-11-7-9-21-14(11)10-17-15(19)12-5-1-2-6-13(12)16(17)20/h7,9,12-13,18H,1-2,5-6,8,10H2. The first-order valence-corrected chi connectivity index (χ1v) is 8.11. The summed E-state index contributed by atoms with van der Waals surface area (Å²) in [6, 6.07) is 1.86. The van der Waals surface area contributed by atoms with Gasteiger partial charge < -0.3 is 5.11 Å². The van der Waals surface area contributed by atoms with Gasteiger partial charge in [0.2, 0.25) is 11.8 Å². The van der Waals surface area contributed by atoms with E-state index in [2.05, 4.69) is 11.8 Å². The second-order valence-electron chi connectivity index (χ2n) is 5.48. The number of fused-ring (bicyclic) bond motifs is 1. The Bertz CT molecular complexity index is 601. The number of carbonyl (C=O) groups excluding carboxylic acids is 2. The zero-order valence-corrected chi connectivity index (χ0v) is 12.5. The number of amides is 2. The lowest BCUT2D eigenvalue weighted by molar-refractivity contribution is -0.140. The topological polar surface area (TPSA) is 57.6 Å². The van der Waals surface area contributed by atoms with E-state index in [9.17, 15) is 9.59 Å². The van der Waals surface area contributed by atoms with Crippen LogP contribution in [0.3, 0.4) is 0 Å². The van der Waals surface area contributed by atoms with Gasteiger partial charge in [0.25, 0.3) is 0 Å². The summed E-state index contributed by atoms with van der Waals surface area (Å²) >= 11 is 1.49. The number of aliphatic hydroxyl groups excluding tert-OH is 1. The molecule has 1 aromatic rings. The Labute approximate surface area is 127 Å². The summed E-state index contributed by atoms with van der Waals surface area (Å²) < 4.78 is 0. The number of rotatable bonds is 2. The summed E-state index contributed by atoms with van der Waals surface area (Å²) in [7, 11) is 0. The quantitative estimate of drug-likeness (QED) is 0.669. The van der Waals surface area contributed by atoms with Crippen molar-refractivity contribution in [2.24, 2.45) is 11.8 Å². The molecule has 1 N–H and O–H groups in total. The maximum Gasteiger partial charge on any atom is 0.233 e. The van der Waals surface area contributed by atoms with Gasteiger partial charge in [-0.15, -0.1) is 11.3 Å². The van der Waals surface area contributed by atoms with Crippen molar-refractivity contribution < 1.29 is 14.7 Å². The first kappa shape index (κ1) is 14.3. The molecule has 1 saturated carbocycles. The van der Waals surface area contributed by atoms with Crippen LogP contribution in [0, 0.1) is 23.7 Å². The van der Waals surface area contributed by atoms with Gasteiger partial charge in [-0.1, -0.05) is 24.7 Å². The highest BCUT2D eigenvalue weighted by Crippen LogP contribution is 2.39. The summed E-state index contributed by atoms with van der Waals surface area (Å²) in [5.41, 5.74) is 0.796. The van der Waals surface area contributed by atoms with E-state index in [4.69, 9.17) is 5.11 Å². The van der Waals surface area contributed by atoms with E-state index in [0.29, 0.717) is 6.54 Å². The van der Waals surface area contributed by atoms with Crippen LogP contribution in [0.5, 0.6) is 0 Å². The van der Waals surface area contributed by atoms with Gasteiger partial charge in [-0.2, -0.15) is 0 Å². The highest BCUT2D eigenvalue weighted by Gasteiger charge is 2.48. The van der Waals surface area contributed by atoms with Crippen LogP contribution in [0.25, 0.3) is 0 Å². The molecule has 3 rings (SSSR count). The van der Waals surface area contributed by atoms with Gasteiger partial charge in [0.15, 0.2) is 0 Å². The smallest absolute Gasteiger partial charge is 0.233 e. The van der Waals surface area contributed by atoms with Crippen molar-refractivity contribution in [2.75, 3.05) is 6.61 Å². The second kappa shape index (κ2) is 6.00. The summed E-state index contributed by atoms with van der Waals surface area (Å²) in [4.78, 5) is 27.2. The Kier molecular flexibility index (Phi) is 4.09. The normalized spacial score (nSPS) is 24.7. The van der Waals surface area contributed by atoms with E-state index in [1.54, 1.807) is 0 Å². The van der Waals surface area contributed by atoms with E-state index in [1.807, 2.05) is 11.4 Å². The molecule has 1 aliphatic carbocycles. The van der Waals surface area contributed by atoms with Gasteiger partial charge in [-0.25, -0.2) is 0 Å². The zero-order chi connectivity index (χ0) is 14.8. The molecular formula is C16H17NO3S. The fourth-order valence-corrected chi connectivity index (χ4v) is 4.06. The van der Waals surface area contributed by atoms with E-state index < -0.39 is 0 Å². The first-order valence-electron chi connectivity index (χ1n) is 7.23. The molecule has 4 nitrogen and oxygen atoms in total. The Balaban J connectivity index is 1.80. The Morgan fingerprint density at radius 1 is 1.24 bits per heavy atom. The van der Waals surface area contributed by atoms with Crippen molar-refractivity contribution in [3.05, 3.63) is 21.9 Å². The summed E-state index contributed by atoms with van der Waals surface area (Å²) in [5, 5.41) is 10.7. The third-order valence-corrected chi connectivity index (χ3v) is 5.19. The van der Waals surface area contributed by atoms with Crippen molar-refractivity contribution in [1.29, 1.82) is 0 Å². The molecule has 5 heteroatoms. The number of aliphatic hydroxyl groups is 1. The van der Waals surface area contributed by atoms with Gasteiger partial charge in [0, 0.05) is 10.4 Å². The number of likely N-dealkylation sites (tertiary alicyclic amines) is 1. The predicted molar refractivity (Wildman–Crippen MR) is 79.3 cm³/mol. The SMILES string of the molecule is O=C1C2CCCCC2C(=O)N1Cc1sccc1C#CCO. The fourth-order valence-electron chi connectivity index (χ4n) is 3.24. The summed E-state index contributed by atoms with van der Waals surface area (Å²) in [6.45, 7) is 0.124. The van der Waals surface area contributed by atoms with Crippen LogP contribution >= 0.6 is 11.3 Å². The Hall–Kier alpha value is -1.64. The lowest BCUT2D eigenvalue weighted by Gasteiger charge is -2.19. The molecule has 2 atom stereocenters. The minimum atomic E-state index is -0.193. The molecular weight excluding hydrogens is 286 g/mol. The van der Waals surface area contributed by atoms with Crippen LogP contribution in [0.1, 0.15) is 36.1 Å². The van der Waals surface area contributed by atoms with E-state index >= 15 is 0 Å². The summed E-state index contributed by atoms with van der Waals surface area (Å²) in [6.07, 6.45) is 3.77. The van der Waals surface area contributed by atoms with E-state index in [-0.39, 0.29) is 30.3 Å². The Morgan fingerprint density at radius 3 is 2.52 bits per heavy atom. The lowest BCUT2D eigenvalue weighted by atomic mass is 9.81. The average molecular weight is 303 g/mol. The van der Waals surface area contributed by atoms with Crippen molar-refractivity contribution in [3.63, 3.8) is 0 Å². The minimum absolute atomic E-state index is 0.0147. The molecule has 0 bridgehead atoms. The molecule has 0 radical (unpaired) electrons. The fraction of sp³-hybridized carbons (Fsp3) is 0.500. The lowest BCUT2D eigenvalue weighted by Crippen LogP contribution is -2.30. The number of thiophene rings is 1. The maximum absolute atomic E-state index is 12.4. The number of hydrogen-bond donors (Lipinski definition) is 1. The molecule has 110 valence electrons. The molecule has 2 amide bonds. The van der Waals surface area contributed by atoms with Gasteiger partial charge in [0.1, 0.15) is 6.61 Å². The van der Waals surface area contributed by atoms with Gasteiger partial charge in [-0.3, -0.25) is 14.5 Å². The van der Waals surface area contributed by atoms with Crippen LogP contribution in [0.2, 0.25) is 0 Å². The molecule has 2 heterocycles. The highest BCUT2D eigenvalue weighted by atomic mass is 32.1. The molecule has 2 aliphatic rings.